The van der Waals surface area contributed by atoms with E-state index in [1.165, 1.54) is 17.4 Å². The molecule has 1 saturated heterocycles. The normalized spacial score (nSPS) is 14.0. The maximum Gasteiger partial charge on any atom is 0.259 e. The van der Waals surface area contributed by atoms with Crippen molar-refractivity contribution >= 4 is 56.9 Å². The van der Waals surface area contributed by atoms with Gasteiger partial charge in [-0.3, -0.25) is 9.59 Å². The van der Waals surface area contributed by atoms with Crippen molar-refractivity contribution in [3.05, 3.63) is 44.2 Å². The van der Waals surface area contributed by atoms with E-state index in [4.69, 9.17) is 33.7 Å². The van der Waals surface area contributed by atoms with Gasteiger partial charge in [-0.25, -0.2) is 0 Å². The molecule has 1 aromatic heterocycles. The number of nitrogens with two attached hydrogens (primary N) is 1. The summed E-state index contributed by atoms with van der Waals surface area (Å²) in [5.74, 6) is -0.515. The molecule has 1 aliphatic heterocycles. The quantitative estimate of drug-likeness (QED) is 0.404. The van der Waals surface area contributed by atoms with Gasteiger partial charge in [0.25, 0.3) is 5.91 Å². The van der Waals surface area contributed by atoms with Gasteiger partial charge in [-0.1, -0.05) is 23.2 Å². The Balaban J connectivity index is 1.96. The molecule has 0 bridgehead atoms. The fraction of sp³-hybridized carbons (Fsp3) is 0.400. The number of thiophene rings is 1. The number of rotatable bonds is 8. The highest BCUT2D eigenvalue weighted by atomic mass is 35.5. The first kappa shape index (κ1) is 22.8. The molecule has 4 N–H and O–H groups in total. The van der Waals surface area contributed by atoms with Gasteiger partial charge in [0.2, 0.25) is 5.78 Å². The molecule has 1 fully saturated rings. The van der Waals surface area contributed by atoms with Crippen molar-refractivity contribution in [1.82, 2.24) is 10.2 Å². The number of methoxy groups -OCH3 is 1. The third-order valence-electron chi connectivity index (χ3n) is 4.76. The van der Waals surface area contributed by atoms with Crippen LogP contribution in [-0.4, -0.2) is 63.0 Å². The fourth-order valence-corrected chi connectivity index (χ4v) is 4.78. The first-order valence-electron chi connectivity index (χ1n) is 9.58. The molecule has 0 radical (unpaired) electrons. The van der Waals surface area contributed by atoms with Crippen molar-refractivity contribution in [2.24, 2.45) is 0 Å². The summed E-state index contributed by atoms with van der Waals surface area (Å²) in [6.45, 7) is 3.79. The maximum atomic E-state index is 13.2. The third-order valence-corrected chi connectivity index (χ3v) is 6.47. The lowest BCUT2D eigenvalue weighted by Crippen LogP contribution is -2.46. The molecule has 1 amide bonds. The smallest absolute Gasteiger partial charge is 0.259 e. The highest BCUT2D eigenvalue weighted by molar-refractivity contribution is 7.19. The lowest BCUT2D eigenvalue weighted by Gasteiger charge is -2.27. The van der Waals surface area contributed by atoms with Crippen molar-refractivity contribution in [2.75, 3.05) is 57.5 Å². The van der Waals surface area contributed by atoms with Crippen LogP contribution in [0.3, 0.4) is 0 Å². The molecule has 1 aromatic carbocycles. The molecule has 0 atom stereocenters. The van der Waals surface area contributed by atoms with Crippen LogP contribution in [-0.2, 0) is 4.74 Å². The van der Waals surface area contributed by atoms with Crippen LogP contribution >= 0.6 is 34.5 Å². The minimum atomic E-state index is -0.335. The van der Waals surface area contributed by atoms with E-state index in [1.807, 2.05) is 0 Å². The van der Waals surface area contributed by atoms with Gasteiger partial charge in [-0.15, -0.1) is 11.3 Å². The Kier molecular flexibility index (Phi) is 7.96. The molecular formula is C20H24Cl2N4O3S. The van der Waals surface area contributed by atoms with Crippen LogP contribution in [0.2, 0.25) is 10.0 Å². The number of hydrogen-bond acceptors (Lipinski definition) is 7. The van der Waals surface area contributed by atoms with Crippen LogP contribution in [0.25, 0.3) is 0 Å². The average Bonchev–Trinajstić information content (AvgIpc) is 3.07. The molecule has 0 saturated carbocycles. The van der Waals surface area contributed by atoms with E-state index >= 15 is 0 Å². The van der Waals surface area contributed by atoms with Crippen LogP contribution in [0, 0.1) is 0 Å². The summed E-state index contributed by atoms with van der Waals surface area (Å²) in [6, 6.07) is 4.67. The summed E-state index contributed by atoms with van der Waals surface area (Å²) in [6.07, 6.45) is 0.752. The average molecular weight is 471 g/mol. The second kappa shape index (κ2) is 10.5. The Morgan fingerprint density at radius 1 is 1.30 bits per heavy atom. The third kappa shape index (κ3) is 5.07. The molecule has 2 aromatic rings. The number of amides is 1. The number of benzene rings is 1. The van der Waals surface area contributed by atoms with Crippen molar-refractivity contribution in [2.45, 2.75) is 6.42 Å². The van der Waals surface area contributed by atoms with Crippen LogP contribution in [0.4, 0.5) is 10.7 Å². The zero-order valence-corrected chi connectivity index (χ0v) is 18.9. The number of nitrogens with zero attached hydrogens (tertiary/aromatic N) is 1. The molecule has 0 aliphatic carbocycles. The first-order valence-corrected chi connectivity index (χ1v) is 11.2. The predicted molar refractivity (Wildman–Crippen MR) is 122 cm³/mol. The van der Waals surface area contributed by atoms with Gasteiger partial charge >= 0.3 is 0 Å². The summed E-state index contributed by atoms with van der Waals surface area (Å²) >= 11 is 13.3. The zero-order valence-electron chi connectivity index (χ0n) is 16.6. The maximum absolute atomic E-state index is 13.2. The van der Waals surface area contributed by atoms with Gasteiger partial charge < -0.3 is 26.0 Å². The Bertz CT molecular complexity index is 929. The monoisotopic (exact) mass is 470 g/mol. The van der Waals surface area contributed by atoms with Gasteiger partial charge in [0.1, 0.15) is 9.88 Å². The standard InChI is InChI=1S/C20H24Cl2N4O3S/c1-29-10-2-5-25-19-15(20(28)26-8-6-24-7-9-26)16(23)18(30-19)17(27)13-4-3-12(21)11-14(13)22/h3-4,11,24-25H,2,5-10,23H2,1H3. The van der Waals surface area contributed by atoms with E-state index < -0.39 is 0 Å². The summed E-state index contributed by atoms with van der Waals surface area (Å²) < 4.78 is 5.08. The van der Waals surface area contributed by atoms with Gasteiger partial charge in [0, 0.05) is 57.0 Å². The van der Waals surface area contributed by atoms with Crippen LogP contribution in [0.15, 0.2) is 18.2 Å². The van der Waals surface area contributed by atoms with E-state index in [-0.39, 0.29) is 27.3 Å². The molecule has 10 heteroatoms. The number of anilines is 2. The molecule has 1 aliphatic rings. The minimum absolute atomic E-state index is 0.175. The van der Waals surface area contributed by atoms with Crippen molar-refractivity contribution in [3.63, 3.8) is 0 Å². The SMILES string of the molecule is COCCCNc1sc(C(=O)c2ccc(Cl)cc2Cl)c(N)c1C(=O)N1CCNCC1. The van der Waals surface area contributed by atoms with Crippen molar-refractivity contribution < 1.29 is 14.3 Å². The largest absolute Gasteiger partial charge is 0.397 e. The molecule has 30 heavy (non-hydrogen) atoms. The molecule has 3 rings (SSSR count). The number of carbonyl (C=O) groups excluding carboxylic acids is 2. The van der Waals surface area contributed by atoms with Crippen LogP contribution in [0.5, 0.6) is 0 Å². The van der Waals surface area contributed by atoms with Gasteiger partial charge in [0.05, 0.1) is 16.3 Å². The van der Waals surface area contributed by atoms with E-state index in [0.717, 1.165) is 19.5 Å². The summed E-state index contributed by atoms with van der Waals surface area (Å²) in [5, 5.41) is 7.73. The number of nitrogens with one attached hydrogen (secondary N) is 2. The fourth-order valence-electron chi connectivity index (χ4n) is 3.19. The van der Waals surface area contributed by atoms with Crippen LogP contribution < -0.4 is 16.4 Å². The second-order valence-electron chi connectivity index (χ2n) is 6.82. The highest BCUT2D eigenvalue weighted by Crippen LogP contribution is 2.39. The summed E-state index contributed by atoms with van der Waals surface area (Å²) in [4.78, 5) is 28.4. The van der Waals surface area contributed by atoms with Crippen molar-refractivity contribution in [3.8, 4) is 0 Å². The molecule has 2 heterocycles. The topological polar surface area (TPSA) is 96.7 Å². The van der Waals surface area contributed by atoms with E-state index in [1.54, 1.807) is 24.1 Å². The highest BCUT2D eigenvalue weighted by Gasteiger charge is 2.30. The van der Waals surface area contributed by atoms with Gasteiger partial charge in [-0.05, 0) is 24.6 Å². The number of hydrogen-bond donors (Lipinski definition) is 3. The Morgan fingerprint density at radius 2 is 2.03 bits per heavy atom. The van der Waals surface area contributed by atoms with E-state index in [2.05, 4.69) is 10.6 Å². The Hall–Kier alpha value is -1.84. The van der Waals surface area contributed by atoms with Gasteiger partial charge in [0.15, 0.2) is 0 Å². The Morgan fingerprint density at radius 3 is 2.70 bits per heavy atom. The number of carbonyl (C=O) groups is 2. The molecule has 0 unspecified atom stereocenters. The molecular weight excluding hydrogens is 447 g/mol. The van der Waals surface area contributed by atoms with Crippen molar-refractivity contribution in [1.29, 1.82) is 0 Å². The van der Waals surface area contributed by atoms with E-state index in [0.29, 0.717) is 47.4 Å². The lowest BCUT2D eigenvalue weighted by atomic mass is 10.1. The van der Waals surface area contributed by atoms with E-state index in [9.17, 15) is 9.59 Å². The molecule has 7 nitrogen and oxygen atoms in total. The predicted octanol–water partition coefficient (Wildman–Crippen LogP) is 3.36. The molecule has 0 spiro atoms. The van der Waals surface area contributed by atoms with Crippen LogP contribution in [0.1, 0.15) is 32.0 Å². The first-order chi connectivity index (χ1) is 14.4. The number of nitrogen functional groups attached to an aromatic ring is 1. The number of ether oxygens (including phenoxy) is 1. The minimum Gasteiger partial charge on any atom is -0.397 e. The second-order valence-corrected chi connectivity index (χ2v) is 8.68. The summed E-state index contributed by atoms with van der Waals surface area (Å²) in [7, 11) is 1.63. The number of halogens is 2. The van der Waals surface area contributed by atoms with Gasteiger partial charge in [-0.2, -0.15) is 0 Å². The lowest BCUT2D eigenvalue weighted by molar-refractivity contribution is 0.0738. The zero-order chi connectivity index (χ0) is 21.7. The number of piperazine rings is 1. The number of ketones is 1. The summed E-state index contributed by atoms with van der Waals surface area (Å²) in [5.41, 5.74) is 7.16. The Labute approximate surface area is 189 Å². The molecule has 162 valence electrons.